The zero-order valence-electron chi connectivity index (χ0n) is 16.0. The smallest absolute Gasteiger partial charge is 0.205 e. The maximum absolute atomic E-state index is 4.61. The molecule has 1 aliphatic rings. The van der Waals surface area contributed by atoms with E-state index < -0.39 is 0 Å². The number of piperazine rings is 1. The zero-order valence-corrected chi connectivity index (χ0v) is 17.7. The highest BCUT2D eigenvalue weighted by Crippen LogP contribution is 2.26. The average Bonchev–Trinajstić information content (AvgIpc) is 3.35. The molecule has 1 aliphatic heterocycles. The van der Waals surface area contributed by atoms with Crippen molar-refractivity contribution in [1.29, 1.82) is 0 Å². The van der Waals surface area contributed by atoms with Crippen molar-refractivity contribution >= 4 is 34.0 Å². The molecule has 0 unspecified atom stereocenters. The molecule has 0 aliphatic carbocycles. The number of guanidine groups is 1. The molecule has 2 aromatic heterocycles. The van der Waals surface area contributed by atoms with E-state index >= 15 is 0 Å². The first-order chi connectivity index (χ1) is 12.5. The normalized spacial score (nSPS) is 16.2. The number of hydrogen-bond acceptors (Lipinski definition) is 6. The molecule has 8 heteroatoms. The standard InChI is InChI=1S/C18H28N6S2/c1-5-15-21-17(26-22-15)24-10-8-23(9-11-24)16(19-4)20-13-18(2,3)14-7-6-12-25-14/h6-7,12H,5,8-11,13H2,1-4H3,(H,19,20). The van der Waals surface area contributed by atoms with Gasteiger partial charge in [0.2, 0.25) is 5.13 Å². The molecule has 3 rings (SSSR count). The third-order valence-corrected chi connectivity index (χ3v) is 6.76. The summed E-state index contributed by atoms with van der Waals surface area (Å²) in [6.07, 6.45) is 0.896. The van der Waals surface area contributed by atoms with Crippen molar-refractivity contribution in [2.75, 3.05) is 44.7 Å². The number of hydrogen-bond donors (Lipinski definition) is 1. The van der Waals surface area contributed by atoms with Gasteiger partial charge in [-0.3, -0.25) is 4.99 Å². The number of thiophene rings is 1. The molecule has 26 heavy (non-hydrogen) atoms. The van der Waals surface area contributed by atoms with Crippen LogP contribution in [0.3, 0.4) is 0 Å². The summed E-state index contributed by atoms with van der Waals surface area (Å²) in [5.74, 6) is 1.93. The Morgan fingerprint density at radius 2 is 2.08 bits per heavy atom. The molecule has 0 spiro atoms. The van der Waals surface area contributed by atoms with Gasteiger partial charge in [-0.2, -0.15) is 4.37 Å². The van der Waals surface area contributed by atoms with Gasteiger partial charge in [0.15, 0.2) is 5.96 Å². The summed E-state index contributed by atoms with van der Waals surface area (Å²) in [6.45, 7) is 11.3. The number of nitrogens with zero attached hydrogens (tertiary/aromatic N) is 5. The van der Waals surface area contributed by atoms with Crippen LogP contribution in [0.4, 0.5) is 5.13 Å². The molecule has 3 heterocycles. The first-order valence-electron chi connectivity index (χ1n) is 9.10. The second kappa shape index (κ2) is 8.35. The van der Waals surface area contributed by atoms with Gasteiger partial charge in [-0.15, -0.1) is 11.3 Å². The van der Waals surface area contributed by atoms with Crippen molar-refractivity contribution in [3.8, 4) is 0 Å². The van der Waals surface area contributed by atoms with E-state index in [4.69, 9.17) is 0 Å². The molecule has 1 saturated heterocycles. The lowest BCUT2D eigenvalue weighted by molar-refractivity contribution is 0.366. The predicted octanol–water partition coefficient (Wildman–Crippen LogP) is 2.84. The van der Waals surface area contributed by atoms with Gasteiger partial charge in [0.1, 0.15) is 5.82 Å². The Balaban J connectivity index is 1.54. The summed E-state index contributed by atoms with van der Waals surface area (Å²) in [5.41, 5.74) is 0.0923. The number of aromatic nitrogens is 2. The van der Waals surface area contributed by atoms with E-state index in [-0.39, 0.29) is 5.41 Å². The number of aryl methyl sites for hydroxylation is 1. The summed E-state index contributed by atoms with van der Waals surface area (Å²) in [7, 11) is 1.87. The molecule has 0 amide bonds. The second-order valence-corrected chi connectivity index (χ2v) is 8.76. The van der Waals surface area contributed by atoms with Gasteiger partial charge in [0, 0.05) is 68.0 Å². The minimum Gasteiger partial charge on any atom is -0.355 e. The molecule has 0 radical (unpaired) electrons. The minimum absolute atomic E-state index is 0.0923. The van der Waals surface area contributed by atoms with Crippen molar-refractivity contribution in [2.24, 2.45) is 4.99 Å². The molecule has 0 saturated carbocycles. The van der Waals surface area contributed by atoms with E-state index in [0.29, 0.717) is 0 Å². The van der Waals surface area contributed by atoms with E-state index in [1.807, 2.05) is 18.4 Å². The Hall–Kier alpha value is -1.67. The van der Waals surface area contributed by atoms with Crippen molar-refractivity contribution in [3.63, 3.8) is 0 Å². The van der Waals surface area contributed by atoms with Crippen molar-refractivity contribution in [2.45, 2.75) is 32.6 Å². The van der Waals surface area contributed by atoms with Crippen LogP contribution >= 0.6 is 22.9 Å². The molecule has 1 N–H and O–H groups in total. The summed E-state index contributed by atoms with van der Waals surface area (Å²) >= 11 is 3.32. The SMILES string of the molecule is CCc1nsc(N2CCN(C(=NC)NCC(C)(C)c3cccs3)CC2)n1. The monoisotopic (exact) mass is 392 g/mol. The molecular weight excluding hydrogens is 364 g/mol. The van der Waals surface area contributed by atoms with Crippen molar-refractivity contribution < 1.29 is 0 Å². The summed E-state index contributed by atoms with van der Waals surface area (Å²) in [6, 6.07) is 4.33. The summed E-state index contributed by atoms with van der Waals surface area (Å²) < 4.78 is 4.40. The van der Waals surface area contributed by atoms with E-state index in [9.17, 15) is 0 Å². The highest BCUT2D eigenvalue weighted by atomic mass is 32.1. The number of anilines is 1. The van der Waals surface area contributed by atoms with Gasteiger partial charge >= 0.3 is 0 Å². The Labute approximate surface area is 164 Å². The summed E-state index contributed by atoms with van der Waals surface area (Å²) in [4.78, 5) is 15.2. The maximum Gasteiger partial charge on any atom is 0.205 e. The molecule has 2 aromatic rings. The zero-order chi connectivity index (χ0) is 18.6. The molecule has 0 aromatic carbocycles. The van der Waals surface area contributed by atoms with Gasteiger partial charge in [-0.25, -0.2) is 4.98 Å². The van der Waals surface area contributed by atoms with Gasteiger partial charge in [-0.1, -0.05) is 26.8 Å². The van der Waals surface area contributed by atoms with Crippen LogP contribution in [0.5, 0.6) is 0 Å². The first-order valence-corrected chi connectivity index (χ1v) is 10.8. The van der Waals surface area contributed by atoms with Crippen LogP contribution in [0, 0.1) is 0 Å². The van der Waals surface area contributed by atoms with E-state index in [1.165, 1.54) is 16.4 Å². The molecule has 6 nitrogen and oxygen atoms in total. The number of aliphatic imine (C=N–C) groups is 1. The van der Waals surface area contributed by atoms with Crippen LogP contribution < -0.4 is 10.2 Å². The third-order valence-electron chi connectivity index (χ3n) is 4.71. The minimum atomic E-state index is 0.0923. The van der Waals surface area contributed by atoms with Crippen LogP contribution in [-0.4, -0.2) is 60.0 Å². The van der Waals surface area contributed by atoms with E-state index in [2.05, 4.69) is 67.8 Å². The fraction of sp³-hybridized carbons (Fsp3) is 0.611. The van der Waals surface area contributed by atoms with Crippen LogP contribution in [0.1, 0.15) is 31.5 Å². The van der Waals surface area contributed by atoms with E-state index in [1.54, 1.807) is 0 Å². The Morgan fingerprint density at radius 1 is 1.31 bits per heavy atom. The Kier molecular flexibility index (Phi) is 6.13. The predicted molar refractivity (Wildman–Crippen MR) is 112 cm³/mol. The second-order valence-electron chi connectivity index (χ2n) is 7.08. The fourth-order valence-electron chi connectivity index (χ4n) is 3.01. The summed E-state index contributed by atoms with van der Waals surface area (Å²) in [5, 5.41) is 6.76. The maximum atomic E-state index is 4.61. The van der Waals surface area contributed by atoms with Crippen LogP contribution in [0.2, 0.25) is 0 Å². The Morgan fingerprint density at radius 3 is 2.65 bits per heavy atom. The molecule has 142 valence electrons. The average molecular weight is 393 g/mol. The quantitative estimate of drug-likeness (QED) is 0.626. The van der Waals surface area contributed by atoms with Crippen LogP contribution in [0.25, 0.3) is 0 Å². The highest BCUT2D eigenvalue weighted by molar-refractivity contribution is 7.10. The van der Waals surface area contributed by atoms with Crippen LogP contribution in [-0.2, 0) is 11.8 Å². The fourth-order valence-corrected chi connectivity index (χ4v) is 4.66. The van der Waals surface area contributed by atoms with E-state index in [0.717, 1.165) is 56.1 Å². The number of rotatable bonds is 5. The molecular formula is C18H28N6S2. The van der Waals surface area contributed by atoms with Gasteiger partial charge < -0.3 is 15.1 Å². The lowest BCUT2D eigenvalue weighted by Gasteiger charge is -2.37. The number of nitrogens with one attached hydrogen (secondary N) is 1. The lowest BCUT2D eigenvalue weighted by atomic mass is 9.91. The topological polar surface area (TPSA) is 56.7 Å². The van der Waals surface area contributed by atoms with Crippen LogP contribution in [0.15, 0.2) is 22.5 Å². The molecule has 1 fully saturated rings. The third kappa shape index (κ3) is 4.35. The lowest BCUT2D eigenvalue weighted by Crippen LogP contribution is -2.53. The van der Waals surface area contributed by atoms with Gasteiger partial charge in [0.05, 0.1) is 0 Å². The van der Waals surface area contributed by atoms with Gasteiger partial charge in [-0.05, 0) is 11.4 Å². The Bertz CT molecular complexity index is 714. The largest absolute Gasteiger partial charge is 0.355 e. The first kappa shape index (κ1) is 19.1. The molecule has 0 bridgehead atoms. The molecule has 0 atom stereocenters. The highest BCUT2D eigenvalue weighted by Gasteiger charge is 2.25. The van der Waals surface area contributed by atoms with Gasteiger partial charge in [0.25, 0.3) is 0 Å². The van der Waals surface area contributed by atoms with Crippen molar-refractivity contribution in [1.82, 2.24) is 19.6 Å². The van der Waals surface area contributed by atoms with Crippen molar-refractivity contribution in [3.05, 3.63) is 28.2 Å².